The van der Waals surface area contributed by atoms with E-state index in [2.05, 4.69) is 39.5 Å². The van der Waals surface area contributed by atoms with Crippen LogP contribution in [0.15, 0.2) is 30.3 Å². The summed E-state index contributed by atoms with van der Waals surface area (Å²) in [5.74, 6) is 1.41. The highest BCUT2D eigenvalue weighted by Gasteiger charge is 2.43. The number of aromatic nitrogens is 2. The molecule has 0 spiro atoms. The van der Waals surface area contributed by atoms with Gasteiger partial charge in [-0.1, -0.05) is 30.7 Å². The van der Waals surface area contributed by atoms with E-state index in [1.165, 1.54) is 37.9 Å². The molecule has 1 aromatic carbocycles. The number of rotatable bonds is 5. The van der Waals surface area contributed by atoms with E-state index < -0.39 is 0 Å². The van der Waals surface area contributed by atoms with Crippen molar-refractivity contribution in [1.82, 2.24) is 15.1 Å². The molecule has 1 amide bonds. The van der Waals surface area contributed by atoms with E-state index in [9.17, 15) is 4.79 Å². The summed E-state index contributed by atoms with van der Waals surface area (Å²) in [6.07, 6.45) is 4.97. The van der Waals surface area contributed by atoms with E-state index >= 15 is 0 Å². The second kappa shape index (κ2) is 7.00. The highest BCUT2D eigenvalue weighted by atomic mass is 16.2. The lowest BCUT2D eigenvalue weighted by atomic mass is 10.1. The maximum Gasteiger partial charge on any atom is 0.229 e. The zero-order chi connectivity index (χ0) is 17.2. The third-order valence-electron chi connectivity index (χ3n) is 5.47. The number of aryl methyl sites for hydroxylation is 1. The van der Waals surface area contributed by atoms with Gasteiger partial charge >= 0.3 is 0 Å². The molecule has 1 saturated carbocycles. The van der Waals surface area contributed by atoms with Crippen molar-refractivity contribution >= 4 is 11.7 Å². The standard InChI is InChI=1S/C20H26N4O/c1-14-7-3-4-8-16(14)18-12-19(23-22-18)21-20(25)17-11-15(17)13-24-9-5-2-6-10-24/h3-4,7-8,12,15,17H,2,5-6,9-11,13H2,1H3,(H2,21,22,23,25)/t15-,17+/m1/s1. The first-order valence-electron chi connectivity index (χ1n) is 9.35. The minimum atomic E-state index is 0.116. The van der Waals surface area contributed by atoms with Crippen molar-refractivity contribution in [3.8, 4) is 11.3 Å². The van der Waals surface area contributed by atoms with E-state index in [0.717, 1.165) is 24.2 Å². The summed E-state index contributed by atoms with van der Waals surface area (Å²) in [5.41, 5.74) is 3.24. The molecule has 5 heteroatoms. The number of hydrogen-bond donors (Lipinski definition) is 2. The second-order valence-corrected chi connectivity index (χ2v) is 7.43. The first-order chi connectivity index (χ1) is 12.2. The lowest BCUT2D eigenvalue weighted by Gasteiger charge is -2.26. The van der Waals surface area contributed by atoms with E-state index in [0.29, 0.717) is 11.7 Å². The summed E-state index contributed by atoms with van der Waals surface area (Å²) >= 11 is 0. The molecule has 132 valence electrons. The summed E-state index contributed by atoms with van der Waals surface area (Å²) in [6, 6.07) is 10.1. The number of H-pyrrole nitrogens is 1. The lowest BCUT2D eigenvalue weighted by Crippen LogP contribution is -2.32. The number of benzene rings is 1. The fourth-order valence-corrected chi connectivity index (χ4v) is 3.86. The summed E-state index contributed by atoms with van der Waals surface area (Å²) in [4.78, 5) is 15.0. The number of likely N-dealkylation sites (tertiary alicyclic amines) is 1. The SMILES string of the molecule is Cc1ccccc1-c1cc(NC(=O)[C@H]2C[C@@H]2CN2CCCCC2)n[nH]1. The van der Waals surface area contributed by atoms with Crippen molar-refractivity contribution < 1.29 is 4.79 Å². The maximum atomic E-state index is 12.5. The molecular weight excluding hydrogens is 312 g/mol. The van der Waals surface area contributed by atoms with Gasteiger partial charge in [0.1, 0.15) is 0 Å². The molecule has 1 saturated heterocycles. The molecule has 2 atom stereocenters. The average Bonchev–Trinajstić information content (AvgIpc) is 3.24. The van der Waals surface area contributed by atoms with Crippen molar-refractivity contribution in [1.29, 1.82) is 0 Å². The Labute approximate surface area is 148 Å². The molecule has 2 aliphatic rings. The highest BCUT2D eigenvalue weighted by Crippen LogP contribution is 2.40. The van der Waals surface area contributed by atoms with Gasteiger partial charge in [0.2, 0.25) is 5.91 Å². The van der Waals surface area contributed by atoms with Crippen LogP contribution in [0, 0.1) is 18.8 Å². The van der Waals surface area contributed by atoms with E-state index in [1.807, 2.05) is 18.2 Å². The Morgan fingerprint density at radius 2 is 2.08 bits per heavy atom. The normalized spacial score (nSPS) is 23.4. The molecule has 2 fully saturated rings. The van der Waals surface area contributed by atoms with Gasteiger partial charge in [0.05, 0.1) is 5.69 Å². The number of carbonyl (C=O) groups excluding carboxylic acids is 1. The van der Waals surface area contributed by atoms with Crippen LogP contribution in [-0.4, -0.2) is 40.6 Å². The van der Waals surface area contributed by atoms with Gasteiger partial charge in [-0.3, -0.25) is 9.89 Å². The first kappa shape index (κ1) is 16.3. The minimum absolute atomic E-state index is 0.116. The van der Waals surface area contributed by atoms with Crippen molar-refractivity contribution in [2.75, 3.05) is 25.0 Å². The zero-order valence-electron chi connectivity index (χ0n) is 14.8. The number of nitrogens with one attached hydrogen (secondary N) is 2. The van der Waals surface area contributed by atoms with Crippen LogP contribution in [0.25, 0.3) is 11.3 Å². The fraction of sp³-hybridized carbons (Fsp3) is 0.500. The Morgan fingerprint density at radius 3 is 2.88 bits per heavy atom. The number of anilines is 1. The van der Waals surface area contributed by atoms with Gasteiger partial charge in [0, 0.05) is 24.1 Å². The highest BCUT2D eigenvalue weighted by molar-refractivity contribution is 5.94. The number of aromatic amines is 1. The fourth-order valence-electron chi connectivity index (χ4n) is 3.86. The third-order valence-corrected chi connectivity index (χ3v) is 5.47. The van der Waals surface area contributed by atoms with Gasteiger partial charge in [0.25, 0.3) is 0 Å². The van der Waals surface area contributed by atoms with Gasteiger partial charge in [-0.05, 0) is 50.8 Å². The van der Waals surface area contributed by atoms with Crippen molar-refractivity contribution in [3.05, 3.63) is 35.9 Å². The van der Waals surface area contributed by atoms with Crippen LogP contribution >= 0.6 is 0 Å². The molecular formula is C20H26N4O. The maximum absolute atomic E-state index is 12.5. The first-order valence-corrected chi connectivity index (χ1v) is 9.35. The van der Waals surface area contributed by atoms with Gasteiger partial charge in [-0.2, -0.15) is 5.10 Å². The van der Waals surface area contributed by atoms with Gasteiger partial charge < -0.3 is 10.2 Å². The summed E-state index contributed by atoms with van der Waals surface area (Å²) in [7, 11) is 0. The Kier molecular flexibility index (Phi) is 4.57. The quantitative estimate of drug-likeness (QED) is 0.878. The van der Waals surface area contributed by atoms with E-state index in [1.54, 1.807) is 0 Å². The van der Waals surface area contributed by atoms with Crippen molar-refractivity contribution in [2.24, 2.45) is 11.8 Å². The summed E-state index contributed by atoms with van der Waals surface area (Å²) in [5, 5.41) is 10.3. The Hall–Kier alpha value is -2.14. The second-order valence-electron chi connectivity index (χ2n) is 7.43. The number of hydrogen-bond acceptors (Lipinski definition) is 3. The summed E-state index contributed by atoms with van der Waals surface area (Å²) < 4.78 is 0. The lowest BCUT2D eigenvalue weighted by molar-refractivity contribution is -0.117. The van der Waals surface area contributed by atoms with Crippen LogP contribution in [0.4, 0.5) is 5.82 Å². The minimum Gasteiger partial charge on any atom is -0.309 e. The molecule has 1 aromatic heterocycles. The van der Waals surface area contributed by atoms with Crippen LogP contribution < -0.4 is 5.32 Å². The van der Waals surface area contributed by atoms with Crippen LogP contribution in [-0.2, 0) is 4.79 Å². The monoisotopic (exact) mass is 338 g/mol. The third kappa shape index (κ3) is 3.76. The molecule has 0 unspecified atom stereocenters. The molecule has 2 heterocycles. The number of piperidine rings is 1. The number of amides is 1. The average molecular weight is 338 g/mol. The van der Waals surface area contributed by atoms with Gasteiger partial charge in [0.15, 0.2) is 5.82 Å². The molecule has 5 nitrogen and oxygen atoms in total. The molecule has 4 rings (SSSR count). The van der Waals surface area contributed by atoms with Crippen molar-refractivity contribution in [3.63, 3.8) is 0 Å². The Balaban J connectivity index is 1.32. The molecule has 2 aromatic rings. The predicted octanol–water partition coefficient (Wildman–Crippen LogP) is 3.45. The van der Waals surface area contributed by atoms with Gasteiger partial charge in [-0.25, -0.2) is 0 Å². The number of nitrogens with zero attached hydrogens (tertiary/aromatic N) is 2. The molecule has 1 aliphatic carbocycles. The van der Waals surface area contributed by atoms with Crippen LogP contribution in [0.3, 0.4) is 0 Å². The topological polar surface area (TPSA) is 61.0 Å². The van der Waals surface area contributed by atoms with Crippen LogP contribution in [0.2, 0.25) is 0 Å². The smallest absolute Gasteiger partial charge is 0.229 e. The summed E-state index contributed by atoms with van der Waals surface area (Å²) in [6.45, 7) is 5.55. The van der Waals surface area contributed by atoms with E-state index in [-0.39, 0.29) is 11.8 Å². The largest absolute Gasteiger partial charge is 0.309 e. The number of carbonyl (C=O) groups is 1. The van der Waals surface area contributed by atoms with Crippen molar-refractivity contribution in [2.45, 2.75) is 32.6 Å². The molecule has 1 aliphatic heterocycles. The molecule has 2 N–H and O–H groups in total. The Morgan fingerprint density at radius 1 is 1.28 bits per heavy atom. The molecule has 0 bridgehead atoms. The Bertz CT molecular complexity index is 748. The van der Waals surface area contributed by atoms with Crippen LogP contribution in [0.5, 0.6) is 0 Å². The van der Waals surface area contributed by atoms with Gasteiger partial charge in [-0.15, -0.1) is 0 Å². The van der Waals surface area contributed by atoms with Crippen LogP contribution in [0.1, 0.15) is 31.2 Å². The molecule has 25 heavy (non-hydrogen) atoms. The predicted molar refractivity (Wildman–Crippen MR) is 99.3 cm³/mol. The molecule has 0 radical (unpaired) electrons. The van der Waals surface area contributed by atoms with E-state index in [4.69, 9.17) is 0 Å². The zero-order valence-corrected chi connectivity index (χ0v) is 14.8.